The van der Waals surface area contributed by atoms with Gasteiger partial charge in [0, 0.05) is 26.2 Å². The number of amides is 1. The van der Waals surface area contributed by atoms with E-state index in [1.165, 1.54) is 0 Å². The third-order valence-electron chi connectivity index (χ3n) is 1.88. The maximum atomic E-state index is 11.4. The van der Waals surface area contributed by atoms with Crippen molar-refractivity contribution < 1.29 is 9.53 Å². The van der Waals surface area contributed by atoms with Crippen LogP contribution in [0, 0.1) is 0 Å². The summed E-state index contributed by atoms with van der Waals surface area (Å²) in [5, 5.41) is 6.95. The van der Waals surface area contributed by atoms with E-state index in [9.17, 15) is 4.79 Å². The van der Waals surface area contributed by atoms with Gasteiger partial charge in [-0.15, -0.1) is 0 Å². The van der Waals surface area contributed by atoms with Gasteiger partial charge in [0.15, 0.2) is 0 Å². The van der Waals surface area contributed by atoms with Crippen LogP contribution in [0.1, 0.15) is 26.5 Å². The zero-order valence-corrected chi connectivity index (χ0v) is 12.2. The molecule has 1 aromatic heterocycles. The average Bonchev–Trinajstić information content (AvgIpc) is 2.42. The molecule has 0 radical (unpaired) electrons. The monoisotopic (exact) mass is 303 g/mol. The second kappa shape index (κ2) is 5.53. The number of nitrogens with one attached hydrogen (secondary N) is 1. The molecule has 0 aromatic carbocycles. The molecule has 0 saturated heterocycles. The minimum absolute atomic E-state index is 0.399. The van der Waals surface area contributed by atoms with Gasteiger partial charge in [-0.3, -0.25) is 4.68 Å². The highest BCUT2D eigenvalue weighted by Crippen LogP contribution is 2.14. The number of ether oxygens (including phenoxy) is 1. The summed E-state index contributed by atoms with van der Waals surface area (Å²) in [6.07, 6.45) is 2.15. The molecule has 0 spiro atoms. The Bertz CT molecular complexity index is 396. The van der Waals surface area contributed by atoms with E-state index < -0.39 is 11.7 Å². The molecule has 0 saturated carbocycles. The van der Waals surface area contributed by atoms with Gasteiger partial charge in [-0.05, 0) is 36.7 Å². The maximum Gasteiger partial charge on any atom is 0.407 e. The average molecular weight is 304 g/mol. The van der Waals surface area contributed by atoms with Gasteiger partial charge < -0.3 is 10.1 Å². The second-order valence-corrected chi connectivity index (χ2v) is 5.63. The van der Waals surface area contributed by atoms with Crippen molar-refractivity contribution in [1.29, 1.82) is 0 Å². The second-order valence-electron chi connectivity index (χ2n) is 4.78. The Hall–Kier alpha value is -1.04. The summed E-state index contributed by atoms with van der Waals surface area (Å²) in [6.45, 7) is 6.01. The first-order valence-electron chi connectivity index (χ1n) is 5.43. The summed E-state index contributed by atoms with van der Waals surface area (Å²) in [4.78, 5) is 11.4. The van der Waals surface area contributed by atoms with E-state index in [1.807, 2.05) is 34.0 Å². The lowest BCUT2D eigenvalue weighted by Gasteiger charge is -2.19. The van der Waals surface area contributed by atoms with Crippen LogP contribution in [0.25, 0.3) is 0 Å². The van der Waals surface area contributed by atoms with Crippen LogP contribution in [0.15, 0.2) is 10.7 Å². The van der Waals surface area contributed by atoms with Gasteiger partial charge in [0.25, 0.3) is 0 Å². The molecule has 1 rings (SSSR count). The summed E-state index contributed by atoms with van der Waals surface area (Å²) in [6, 6.07) is 0. The van der Waals surface area contributed by atoms with Crippen LogP contribution in [0.3, 0.4) is 0 Å². The predicted octanol–water partition coefficient (Wildman–Crippen LogP) is 2.25. The molecule has 0 atom stereocenters. The molecular weight excluding hydrogens is 286 g/mol. The fourth-order valence-corrected chi connectivity index (χ4v) is 1.85. The van der Waals surface area contributed by atoms with Gasteiger partial charge in [-0.1, -0.05) is 0 Å². The first-order valence-corrected chi connectivity index (χ1v) is 6.22. The molecule has 1 heterocycles. The molecule has 0 unspecified atom stereocenters. The van der Waals surface area contributed by atoms with Crippen LogP contribution in [0.4, 0.5) is 4.79 Å². The molecular formula is C11H18BrN3O2. The predicted molar refractivity (Wildman–Crippen MR) is 68.8 cm³/mol. The minimum atomic E-state index is -0.463. The van der Waals surface area contributed by atoms with Crippen LogP contribution in [-0.4, -0.2) is 28.0 Å². The molecule has 0 aliphatic heterocycles. The Balaban J connectivity index is 2.33. The van der Waals surface area contributed by atoms with Gasteiger partial charge in [-0.25, -0.2) is 4.79 Å². The molecule has 1 N–H and O–H groups in total. The molecule has 1 aromatic rings. The summed E-state index contributed by atoms with van der Waals surface area (Å²) >= 11 is 3.41. The summed E-state index contributed by atoms with van der Waals surface area (Å²) in [7, 11) is 1.86. The topological polar surface area (TPSA) is 56.2 Å². The number of hydrogen-bond acceptors (Lipinski definition) is 3. The highest BCUT2D eigenvalue weighted by molar-refractivity contribution is 9.10. The Kier molecular flexibility index (Phi) is 4.56. The first kappa shape index (κ1) is 14.0. The molecule has 1 amide bonds. The largest absolute Gasteiger partial charge is 0.444 e. The Morgan fingerprint density at radius 1 is 1.59 bits per heavy atom. The van der Waals surface area contributed by atoms with Crippen LogP contribution in [0.5, 0.6) is 0 Å². The number of carbonyl (C=O) groups is 1. The standard InChI is InChI=1S/C11H18BrN3O2/c1-11(2,3)17-10(16)13-6-5-9-8(12)7-15(4)14-9/h7H,5-6H2,1-4H3,(H,13,16). The zero-order valence-electron chi connectivity index (χ0n) is 10.6. The lowest BCUT2D eigenvalue weighted by Crippen LogP contribution is -2.33. The quantitative estimate of drug-likeness (QED) is 0.932. The van der Waals surface area contributed by atoms with Crippen molar-refractivity contribution in [2.45, 2.75) is 32.8 Å². The SMILES string of the molecule is Cn1cc(Br)c(CCNC(=O)OC(C)(C)C)n1. The summed E-state index contributed by atoms with van der Waals surface area (Å²) in [5.41, 5.74) is 0.457. The Labute approximate surface area is 110 Å². The molecule has 6 heteroatoms. The van der Waals surface area contributed by atoms with E-state index in [0.717, 1.165) is 10.2 Å². The molecule has 0 bridgehead atoms. The van der Waals surface area contributed by atoms with E-state index in [2.05, 4.69) is 26.3 Å². The molecule has 0 fully saturated rings. The van der Waals surface area contributed by atoms with Crippen molar-refractivity contribution in [3.05, 3.63) is 16.4 Å². The normalized spacial score (nSPS) is 11.4. The van der Waals surface area contributed by atoms with Gasteiger partial charge in [-0.2, -0.15) is 5.10 Å². The fourth-order valence-electron chi connectivity index (χ4n) is 1.27. The van der Waals surface area contributed by atoms with Crippen LogP contribution in [0.2, 0.25) is 0 Å². The summed E-state index contributed by atoms with van der Waals surface area (Å²) < 4.78 is 7.80. The van der Waals surface area contributed by atoms with Crippen LogP contribution in [-0.2, 0) is 18.2 Å². The van der Waals surface area contributed by atoms with E-state index in [4.69, 9.17) is 4.74 Å². The third kappa shape index (κ3) is 5.21. The van der Waals surface area contributed by atoms with Gasteiger partial charge >= 0.3 is 6.09 Å². The first-order chi connectivity index (χ1) is 7.78. The van der Waals surface area contributed by atoms with Gasteiger partial charge in [0.05, 0.1) is 10.2 Å². The number of aromatic nitrogens is 2. The van der Waals surface area contributed by atoms with Gasteiger partial charge in [0.1, 0.15) is 5.60 Å². The van der Waals surface area contributed by atoms with Crippen molar-refractivity contribution in [3.63, 3.8) is 0 Å². The molecule has 17 heavy (non-hydrogen) atoms. The van der Waals surface area contributed by atoms with Crippen molar-refractivity contribution in [3.8, 4) is 0 Å². The number of alkyl carbamates (subject to hydrolysis) is 1. The number of hydrogen-bond donors (Lipinski definition) is 1. The van der Waals surface area contributed by atoms with Crippen molar-refractivity contribution in [1.82, 2.24) is 15.1 Å². The number of rotatable bonds is 3. The van der Waals surface area contributed by atoms with Crippen molar-refractivity contribution >= 4 is 22.0 Å². The fraction of sp³-hybridized carbons (Fsp3) is 0.636. The Morgan fingerprint density at radius 2 is 2.24 bits per heavy atom. The summed E-state index contributed by atoms with van der Waals surface area (Å²) in [5.74, 6) is 0. The molecule has 96 valence electrons. The molecule has 5 nitrogen and oxygen atoms in total. The molecule has 0 aliphatic carbocycles. The van der Waals surface area contributed by atoms with E-state index in [0.29, 0.717) is 13.0 Å². The van der Waals surface area contributed by atoms with Crippen LogP contribution >= 0.6 is 15.9 Å². The van der Waals surface area contributed by atoms with Crippen molar-refractivity contribution in [2.24, 2.45) is 7.05 Å². The Morgan fingerprint density at radius 3 is 2.71 bits per heavy atom. The number of nitrogens with zero attached hydrogens (tertiary/aromatic N) is 2. The van der Waals surface area contributed by atoms with Gasteiger partial charge in [0.2, 0.25) is 0 Å². The zero-order chi connectivity index (χ0) is 13.1. The van der Waals surface area contributed by atoms with E-state index in [1.54, 1.807) is 4.68 Å². The number of aryl methyl sites for hydroxylation is 1. The minimum Gasteiger partial charge on any atom is -0.444 e. The lowest BCUT2D eigenvalue weighted by atomic mass is 10.2. The smallest absolute Gasteiger partial charge is 0.407 e. The number of halogens is 1. The number of carbonyl (C=O) groups excluding carboxylic acids is 1. The van der Waals surface area contributed by atoms with E-state index in [-0.39, 0.29) is 0 Å². The molecule has 0 aliphatic rings. The third-order valence-corrected chi connectivity index (χ3v) is 2.55. The lowest BCUT2D eigenvalue weighted by molar-refractivity contribution is 0.0528. The maximum absolute atomic E-state index is 11.4. The van der Waals surface area contributed by atoms with Crippen molar-refractivity contribution in [2.75, 3.05) is 6.54 Å². The highest BCUT2D eigenvalue weighted by Gasteiger charge is 2.15. The van der Waals surface area contributed by atoms with Crippen LogP contribution < -0.4 is 5.32 Å². The highest BCUT2D eigenvalue weighted by atomic mass is 79.9. The van der Waals surface area contributed by atoms with E-state index >= 15 is 0 Å².